The monoisotopic (exact) mass is 605 g/mol. The van der Waals surface area contributed by atoms with Crippen molar-refractivity contribution in [1.82, 2.24) is 5.32 Å². The molecule has 2 aromatic rings. The van der Waals surface area contributed by atoms with E-state index in [1.807, 2.05) is 0 Å². The van der Waals surface area contributed by atoms with E-state index in [2.05, 4.69) is 5.32 Å². The molecule has 13 heteroatoms. The zero-order valence-corrected chi connectivity index (χ0v) is 24.2. The summed E-state index contributed by atoms with van der Waals surface area (Å²) in [5.41, 5.74) is 0.434. The van der Waals surface area contributed by atoms with Gasteiger partial charge in [0.15, 0.2) is 23.0 Å². The second-order valence-electron chi connectivity index (χ2n) is 9.17. The number of hydrogen-bond donors (Lipinski definition) is 1. The lowest BCUT2D eigenvalue weighted by atomic mass is 10.1. The molecule has 2 aliphatic heterocycles. The van der Waals surface area contributed by atoms with Gasteiger partial charge in [0.1, 0.15) is 26.4 Å². The first-order valence-electron chi connectivity index (χ1n) is 14.3. The van der Waals surface area contributed by atoms with Crippen LogP contribution in [0.1, 0.15) is 20.7 Å². The smallest absolute Gasteiger partial charge is 0.258 e. The first-order chi connectivity index (χ1) is 21.2. The summed E-state index contributed by atoms with van der Waals surface area (Å²) in [6.45, 7) is 6.02. The Morgan fingerprint density at radius 2 is 0.674 bits per heavy atom. The minimum atomic E-state index is -0.606. The van der Waals surface area contributed by atoms with Gasteiger partial charge in [-0.1, -0.05) is 0 Å². The lowest BCUT2D eigenvalue weighted by Gasteiger charge is -2.15. The van der Waals surface area contributed by atoms with Gasteiger partial charge in [0.2, 0.25) is 0 Å². The SMILES string of the molecule is O=C(NC(=O)c1ccc2c(c1)OCCOCCOCCOCCO2)c1ccc2c(c1)OCCOCCOCCOCCO2. The van der Waals surface area contributed by atoms with Crippen molar-refractivity contribution in [3.63, 3.8) is 0 Å². The fraction of sp³-hybridized carbons (Fsp3) is 0.533. The molecule has 1 N–H and O–H groups in total. The van der Waals surface area contributed by atoms with Crippen LogP contribution in [0.3, 0.4) is 0 Å². The second kappa shape index (κ2) is 18.9. The zero-order valence-electron chi connectivity index (χ0n) is 24.2. The third-order valence-corrected chi connectivity index (χ3v) is 6.07. The van der Waals surface area contributed by atoms with E-state index < -0.39 is 11.8 Å². The Balaban J connectivity index is 1.40. The number of hydrogen-bond acceptors (Lipinski definition) is 12. The van der Waals surface area contributed by atoms with Gasteiger partial charge in [0.05, 0.1) is 79.3 Å². The van der Waals surface area contributed by atoms with Gasteiger partial charge >= 0.3 is 0 Å². The largest absolute Gasteiger partial charge is 0.487 e. The molecule has 0 aliphatic carbocycles. The van der Waals surface area contributed by atoms with Crippen LogP contribution in [-0.2, 0) is 28.4 Å². The molecule has 0 fully saturated rings. The molecule has 0 aromatic heterocycles. The molecule has 0 spiro atoms. The molecule has 0 saturated heterocycles. The molecular weight excluding hydrogens is 566 g/mol. The van der Waals surface area contributed by atoms with E-state index in [-0.39, 0.29) is 37.6 Å². The highest BCUT2D eigenvalue weighted by Crippen LogP contribution is 2.30. The van der Waals surface area contributed by atoms with Crippen molar-refractivity contribution >= 4 is 11.8 Å². The van der Waals surface area contributed by atoms with Gasteiger partial charge in [0, 0.05) is 11.1 Å². The number of nitrogens with one attached hydrogen (secondary N) is 1. The maximum absolute atomic E-state index is 13.1. The van der Waals surface area contributed by atoms with Gasteiger partial charge in [-0.05, 0) is 36.4 Å². The third-order valence-electron chi connectivity index (χ3n) is 6.07. The second-order valence-corrected chi connectivity index (χ2v) is 9.17. The molecule has 2 aliphatic rings. The normalized spacial score (nSPS) is 18.5. The van der Waals surface area contributed by atoms with Crippen LogP contribution in [0, 0.1) is 0 Å². The molecule has 13 nitrogen and oxygen atoms in total. The van der Waals surface area contributed by atoms with Gasteiger partial charge in [-0.25, -0.2) is 0 Å². The van der Waals surface area contributed by atoms with Crippen LogP contribution in [0.4, 0.5) is 0 Å². The highest BCUT2D eigenvalue weighted by Gasteiger charge is 2.18. The lowest BCUT2D eigenvalue weighted by Crippen LogP contribution is -2.30. The Morgan fingerprint density at radius 1 is 0.395 bits per heavy atom. The Kier molecular flexibility index (Phi) is 14.3. The molecule has 0 bridgehead atoms. The van der Waals surface area contributed by atoms with Crippen LogP contribution in [0.15, 0.2) is 36.4 Å². The van der Waals surface area contributed by atoms with Gasteiger partial charge in [-0.2, -0.15) is 0 Å². The van der Waals surface area contributed by atoms with E-state index in [0.717, 1.165) is 0 Å². The van der Waals surface area contributed by atoms with E-state index in [0.29, 0.717) is 102 Å². The van der Waals surface area contributed by atoms with Crippen molar-refractivity contribution in [2.45, 2.75) is 0 Å². The summed E-state index contributed by atoms with van der Waals surface area (Å²) in [6, 6.07) is 9.40. The van der Waals surface area contributed by atoms with Crippen molar-refractivity contribution in [3.05, 3.63) is 47.5 Å². The molecule has 0 radical (unpaired) electrons. The Labute approximate surface area is 250 Å². The van der Waals surface area contributed by atoms with E-state index in [1.165, 1.54) is 12.1 Å². The van der Waals surface area contributed by atoms with Crippen molar-refractivity contribution < 1.29 is 57.0 Å². The van der Waals surface area contributed by atoms with E-state index in [1.54, 1.807) is 24.3 Å². The predicted molar refractivity (Wildman–Crippen MR) is 152 cm³/mol. The van der Waals surface area contributed by atoms with Gasteiger partial charge in [-0.3, -0.25) is 14.9 Å². The number of ether oxygens (including phenoxy) is 10. The van der Waals surface area contributed by atoms with Crippen molar-refractivity contribution in [1.29, 1.82) is 0 Å². The molecule has 0 unspecified atom stereocenters. The minimum Gasteiger partial charge on any atom is -0.487 e. The summed E-state index contributed by atoms with van der Waals surface area (Å²) < 4.78 is 56.1. The van der Waals surface area contributed by atoms with E-state index >= 15 is 0 Å². The number of amides is 2. The third kappa shape index (κ3) is 11.6. The summed E-state index contributed by atoms with van der Waals surface area (Å²) in [7, 11) is 0. The maximum Gasteiger partial charge on any atom is 0.258 e. The van der Waals surface area contributed by atoms with Crippen molar-refractivity contribution in [3.8, 4) is 23.0 Å². The lowest BCUT2D eigenvalue weighted by molar-refractivity contribution is 0.00708. The zero-order chi connectivity index (χ0) is 30.0. The van der Waals surface area contributed by atoms with Crippen LogP contribution < -0.4 is 24.3 Å². The van der Waals surface area contributed by atoms with Crippen molar-refractivity contribution in [2.24, 2.45) is 0 Å². The molecule has 4 rings (SSSR count). The maximum atomic E-state index is 13.1. The summed E-state index contributed by atoms with van der Waals surface area (Å²) in [6.07, 6.45) is 0. The number of carbonyl (C=O) groups is 2. The topological polar surface area (TPSA) is 138 Å². The molecule has 2 aromatic carbocycles. The fourth-order valence-corrected chi connectivity index (χ4v) is 3.94. The van der Waals surface area contributed by atoms with Gasteiger partial charge < -0.3 is 47.4 Å². The highest BCUT2D eigenvalue weighted by molar-refractivity contribution is 6.10. The number of fused-ring (bicyclic) bond motifs is 2. The summed E-state index contributed by atoms with van der Waals surface area (Å²) in [4.78, 5) is 26.1. The Morgan fingerprint density at radius 3 is 1.00 bits per heavy atom. The predicted octanol–water partition coefficient (Wildman–Crippen LogP) is 1.90. The van der Waals surface area contributed by atoms with E-state index in [9.17, 15) is 9.59 Å². The highest BCUT2D eigenvalue weighted by atomic mass is 16.6. The molecule has 43 heavy (non-hydrogen) atoms. The first kappa shape index (κ1) is 32.5. The standard InChI is InChI=1S/C30H39NO12/c32-29(23-1-3-25-27(21-23)42-19-15-38-11-7-34-5-9-36-13-17-40-25)31-30(33)24-2-4-26-28(22-24)43-20-16-39-12-8-35-6-10-37-14-18-41-26/h1-4,21-22H,5-20H2,(H,31,32,33). The summed E-state index contributed by atoms with van der Waals surface area (Å²) >= 11 is 0. The molecule has 0 saturated carbocycles. The quantitative estimate of drug-likeness (QED) is 0.501. The van der Waals surface area contributed by atoms with Crippen molar-refractivity contribution in [2.75, 3.05) is 106 Å². The Hall–Kier alpha value is -3.46. The fourth-order valence-electron chi connectivity index (χ4n) is 3.94. The van der Waals surface area contributed by atoms with Crippen LogP contribution >= 0.6 is 0 Å². The average Bonchev–Trinajstić information content (AvgIpc) is 3.03. The van der Waals surface area contributed by atoms with Crippen LogP contribution in [0.25, 0.3) is 0 Å². The number of imide groups is 1. The summed E-state index contributed by atoms with van der Waals surface area (Å²) in [5, 5.41) is 2.42. The molecule has 236 valence electrons. The average molecular weight is 606 g/mol. The first-order valence-corrected chi connectivity index (χ1v) is 14.3. The number of benzene rings is 2. The van der Waals surface area contributed by atoms with Crippen LogP contribution in [0.2, 0.25) is 0 Å². The van der Waals surface area contributed by atoms with Gasteiger partial charge in [-0.15, -0.1) is 0 Å². The van der Waals surface area contributed by atoms with Crippen LogP contribution in [-0.4, -0.2) is 118 Å². The molecule has 2 amide bonds. The van der Waals surface area contributed by atoms with Gasteiger partial charge in [0.25, 0.3) is 11.8 Å². The molecule has 0 atom stereocenters. The molecule has 2 heterocycles. The molecular formula is C30H39NO12. The van der Waals surface area contributed by atoms with E-state index in [4.69, 9.17) is 47.4 Å². The minimum absolute atomic E-state index is 0.217. The van der Waals surface area contributed by atoms with Crippen LogP contribution in [0.5, 0.6) is 23.0 Å². The summed E-state index contributed by atoms with van der Waals surface area (Å²) in [5.74, 6) is 0.368. The number of carbonyl (C=O) groups excluding carboxylic acids is 2. The Bertz CT molecular complexity index is 1060. The number of rotatable bonds is 2.